The highest BCUT2D eigenvalue weighted by Gasteiger charge is 2.09. The van der Waals surface area contributed by atoms with Crippen LogP contribution in [0.15, 0.2) is 48.5 Å². The fourth-order valence-corrected chi connectivity index (χ4v) is 2.51. The van der Waals surface area contributed by atoms with Crippen LogP contribution < -0.4 is 0 Å². The van der Waals surface area contributed by atoms with Gasteiger partial charge in [0.25, 0.3) is 0 Å². The van der Waals surface area contributed by atoms with Crippen molar-refractivity contribution >= 4 is 0 Å². The molecule has 1 aromatic heterocycles. The molecule has 2 aromatic carbocycles. The van der Waals surface area contributed by atoms with Gasteiger partial charge in [-0.25, -0.2) is 5.10 Å². The molecule has 0 saturated heterocycles. The first-order valence-corrected chi connectivity index (χ1v) is 7.42. The maximum Gasteiger partial charge on any atom is 0.180 e. The number of benzene rings is 2. The van der Waals surface area contributed by atoms with Crippen molar-refractivity contribution in [3.05, 3.63) is 54.1 Å². The number of aliphatic hydroxyl groups is 1. The summed E-state index contributed by atoms with van der Waals surface area (Å²) in [5.41, 5.74) is 4.51. The van der Waals surface area contributed by atoms with Crippen molar-refractivity contribution in [3.63, 3.8) is 0 Å². The van der Waals surface area contributed by atoms with Crippen molar-refractivity contribution in [2.75, 3.05) is 6.61 Å². The van der Waals surface area contributed by atoms with Crippen LogP contribution in [0.3, 0.4) is 0 Å². The van der Waals surface area contributed by atoms with Crippen LogP contribution in [0.1, 0.15) is 18.4 Å². The molecule has 5 nitrogen and oxygen atoms in total. The summed E-state index contributed by atoms with van der Waals surface area (Å²) in [6.07, 6.45) is 2.85. The molecule has 5 heteroatoms. The number of H-pyrrole nitrogens is 1. The monoisotopic (exact) mass is 294 g/mol. The molecule has 3 rings (SSSR count). The van der Waals surface area contributed by atoms with E-state index in [-0.39, 0.29) is 6.61 Å². The van der Waals surface area contributed by atoms with E-state index in [2.05, 4.69) is 51.0 Å². The third-order valence-electron chi connectivity index (χ3n) is 3.67. The topological polar surface area (TPSA) is 74.7 Å². The van der Waals surface area contributed by atoms with Gasteiger partial charge in [0, 0.05) is 12.2 Å². The number of aromatic amines is 1. The highest BCUT2D eigenvalue weighted by molar-refractivity contribution is 5.80. The van der Waals surface area contributed by atoms with Crippen LogP contribution in [0.5, 0.6) is 0 Å². The fourth-order valence-electron chi connectivity index (χ4n) is 2.51. The quantitative estimate of drug-likeness (QED) is 0.685. The second-order valence-corrected chi connectivity index (χ2v) is 5.17. The number of aliphatic hydroxyl groups excluding tert-OH is 1. The summed E-state index contributed by atoms with van der Waals surface area (Å²) in [4.78, 5) is 0. The predicted octanol–water partition coefficient (Wildman–Crippen LogP) is 2.85. The molecular weight excluding hydrogens is 276 g/mol. The summed E-state index contributed by atoms with van der Waals surface area (Å²) in [6, 6.07) is 16.6. The zero-order valence-electron chi connectivity index (χ0n) is 12.2. The van der Waals surface area contributed by atoms with Crippen LogP contribution in [0, 0.1) is 0 Å². The van der Waals surface area contributed by atoms with Crippen molar-refractivity contribution in [1.29, 1.82) is 0 Å². The van der Waals surface area contributed by atoms with Crippen molar-refractivity contribution in [1.82, 2.24) is 20.6 Å². The van der Waals surface area contributed by atoms with Gasteiger partial charge in [0.05, 0.1) is 0 Å². The van der Waals surface area contributed by atoms with E-state index < -0.39 is 0 Å². The first-order valence-electron chi connectivity index (χ1n) is 7.42. The number of aromatic nitrogens is 4. The number of hydrogen-bond donors (Lipinski definition) is 2. The summed E-state index contributed by atoms with van der Waals surface area (Å²) in [5, 5.41) is 22.9. The second kappa shape index (κ2) is 6.95. The van der Waals surface area contributed by atoms with Crippen LogP contribution >= 0.6 is 0 Å². The molecule has 0 aliphatic heterocycles. The Morgan fingerprint density at radius 3 is 2.36 bits per heavy atom. The molecular formula is C17H18N4O. The zero-order chi connectivity index (χ0) is 15.2. The molecule has 0 radical (unpaired) electrons. The average molecular weight is 294 g/mol. The highest BCUT2D eigenvalue weighted by atomic mass is 16.2. The van der Waals surface area contributed by atoms with E-state index in [9.17, 15) is 0 Å². The van der Waals surface area contributed by atoms with Gasteiger partial charge >= 0.3 is 0 Å². The number of rotatable bonds is 6. The van der Waals surface area contributed by atoms with E-state index in [1.54, 1.807) is 0 Å². The van der Waals surface area contributed by atoms with Gasteiger partial charge in [-0.05, 0) is 46.4 Å². The largest absolute Gasteiger partial charge is 0.396 e. The molecule has 0 aliphatic rings. The number of tetrazole rings is 1. The Hall–Kier alpha value is -2.53. The second-order valence-electron chi connectivity index (χ2n) is 5.17. The molecule has 0 bridgehead atoms. The van der Waals surface area contributed by atoms with Crippen molar-refractivity contribution in [2.45, 2.75) is 19.3 Å². The maximum atomic E-state index is 8.84. The molecule has 3 aromatic rings. The average Bonchev–Trinajstić information content (AvgIpc) is 3.10. The van der Waals surface area contributed by atoms with E-state index in [1.165, 1.54) is 5.56 Å². The Morgan fingerprint density at radius 1 is 0.909 bits per heavy atom. The van der Waals surface area contributed by atoms with Gasteiger partial charge in [-0.3, -0.25) is 0 Å². The number of aryl methyl sites for hydroxylation is 1. The van der Waals surface area contributed by atoms with Crippen molar-refractivity contribution in [3.8, 4) is 22.5 Å². The summed E-state index contributed by atoms with van der Waals surface area (Å²) >= 11 is 0. The molecule has 0 saturated carbocycles. The minimum Gasteiger partial charge on any atom is -0.396 e. The zero-order valence-corrected chi connectivity index (χ0v) is 12.2. The van der Waals surface area contributed by atoms with Gasteiger partial charge in [0.15, 0.2) is 5.82 Å². The lowest BCUT2D eigenvalue weighted by molar-refractivity contribution is 0.284. The van der Waals surface area contributed by atoms with Crippen LogP contribution in [0.2, 0.25) is 0 Å². The van der Waals surface area contributed by atoms with E-state index in [0.29, 0.717) is 5.82 Å². The van der Waals surface area contributed by atoms with Gasteiger partial charge in [0.1, 0.15) is 0 Å². The predicted molar refractivity (Wildman–Crippen MR) is 85.1 cm³/mol. The lowest BCUT2D eigenvalue weighted by atomic mass is 9.97. The smallest absolute Gasteiger partial charge is 0.180 e. The Balaban J connectivity index is 1.86. The van der Waals surface area contributed by atoms with Crippen LogP contribution in [0.25, 0.3) is 22.5 Å². The van der Waals surface area contributed by atoms with E-state index >= 15 is 0 Å². The van der Waals surface area contributed by atoms with Gasteiger partial charge in [-0.15, -0.1) is 5.10 Å². The normalized spacial score (nSPS) is 10.8. The maximum absolute atomic E-state index is 8.84. The van der Waals surface area contributed by atoms with E-state index in [1.807, 2.05) is 18.2 Å². The van der Waals surface area contributed by atoms with Crippen LogP contribution in [-0.4, -0.2) is 32.3 Å². The van der Waals surface area contributed by atoms with Crippen molar-refractivity contribution < 1.29 is 5.11 Å². The van der Waals surface area contributed by atoms with Crippen LogP contribution in [0.4, 0.5) is 0 Å². The lowest BCUT2D eigenvalue weighted by Crippen LogP contribution is -1.90. The van der Waals surface area contributed by atoms with E-state index in [0.717, 1.165) is 36.0 Å². The van der Waals surface area contributed by atoms with Crippen molar-refractivity contribution in [2.24, 2.45) is 0 Å². The SMILES string of the molecule is OCCCCc1ccc(-c2ccccc2-c2nnn[nH]2)cc1. The minimum absolute atomic E-state index is 0.261. The summed E-state index contributed by atoms with van der Waals surface area (Å²) in [6.45, 7) is 0.261. The van der Waals surface area contributed by atoms with Gasteiger partial charge in [-0.2, -0.15) is 0 Å². The summed E-state index contributed by atoms with van der Waals surface area (Å²) in [7, 11) is 0. The molecule has 0 spiro atoms. The molecule has 22 heavy (non-hydrogen) atoms. The minimum atomic E-state index is 0.261. The lowest BCUT2D eigenvalue weighted by Gasteiger charge is -2.08. The number of hydrogen-bond acceptors (Lipinski definition) is 4. The van der Waals surface area contributed by atoms with Gasteiger partial charge in [-0.1, -0.05) is 48.5 Å². The van der Waals surface area contributed by atoms with E-state index in [4.69, 9.17) is 5.11 Å². The van der Waals surface area contributed by atoms with Gasteiger partial charge in [0.2, 0.25) is 0 Å². The number of unbranched alkanes of at least 4 members (excludes halogenated alkanes) is 1. The molecule has 0 amide bonds. The molecule has 0 unspecified atom stereocenters. The highest BCUT2D eigenvalue weighted by Crippen LogP contribution is 2.29. The molecule has 112 valence electrons. The first kappa shape index (κ1) is 14.4. The summed E-state index contributed by atoms with van der Waals surface area (Å²) in [5.74, 6) is 0.669. The Kier molecular flexibility index (Phi) is 4.56. The fraction of sp³-hybridized carbons (Fsp3) is 0.235. The standard InChI is InChI=1S/C17H18N4O/c22-12-4-3-5-13-8-10-14(11-9-13)15-6-1-2-7-16(15)17-18-20-21-19-17/h1-2,6-11,22H,3-5,12H2,(H,18,19,20,21). The summed E-state index contributed by atoms with van der Waals surface area (Å²) < 4.78 is 0. The Labute approximate surface area is 129 Å². The molecule has 0 atom stereocenters. The molecule has 1 heterocycles. The first-order chi connectivity index (χ1) is 10.9. The molecule has 0 aliphatic carbocycles. The molecule has 0 fully saturated rings. The van der Waals surface area contributed by atoms with Gasteiger partial charge < -0.3 is 5.11 Å². The molecule has 2 N–H and O–H groups in total. The number of nitrogens with zero attached hydrogens (tertiary/aromatic N) is 3. The third kappa shape index (κ3) is 3.20. The number of nitrogens with one attached hydrogen (secondary N) is 1. The Morgan fingerprint density at radius 2 is 1.68 bits per heavy atom. The van der Waals surface area contributed by atoms with Crippen LogP contribution in [-0.2, 0) is 6.42 Å². The third-order valence-corrected chi connectivity index (χ3v) is 3.67. The Bertz CT molecular complexity index is 708.